The number of nitrogens with zero attached hydrogens (tertiary/aromatic N) is 2. The molecule has 0 atom stereocenters. The minimum absolute atomic E-state index is 0.110. The summed E-state index contributed by atoms with van der Waals surface area (Å²) in [4.78, 5) is 20.1. The highest BCUT2D eigenvalue weighted by atomic mass is 79.9. The van der Waals surface area contributed by atoms with Gasteiger partial charge in [0, 0.05) is 55.2 Å². The Balaban J connectivity index is 1.20. The molecule has 35 heavy (non-hydrogen) atoms. The van der Waals surface area contributed by atoms with E-state index in [9.17, 15) is 4.79 Å². The number of nitrogens with one attached hydrogen (secondary N) is 1. The maximum atomic E-state index is 12.1. The molecule has 0 amide bonds. The molecular weight excluding hydrogens is 502 g/mol. The minimum Gasteiger partial charge on any atom is -0.487 e. The predicted octanol–water partition coefficient (Wildman–Crippen LogP) is 5.23. The molecule has 0 unspecified atom stereocenters. The van der Waals surface area contributed by atoms with E-state index in [2.05, 4.69) is 61.0 Å². The molecule has 4 aromatic rings. The van der Waals surface area contributed by atoms with E-state index in [4.69, 9.17) is 4.74 Å². The summed E-state index contributed by atoms with van der Waals surface area (Å²) in [7, 11) is 0. The van der Waals surface area contributed by atoms with E-state index in [1.54, 1.807) is 6.07 Å². The molecule has 0 spiro atoms. The average molecular weight is 532 g/mol. The number of benzene rings is 3. The van der Waals surface area contributed by atoms with Gasteiger partial charge in [-0.25, -0.2) is 0 Å². The van der Waals surface area contributed by atoms with Crippen LogP contribution < -0.4 is 10.3 Å². The van der Waals surface area contributed by atoms with Crippen LogP contribution in [0.2, 0.25) is 0 Å². The van der Waals surface area contributed by atoms with E-state index in [0.29, 0.717) is 12.4 Å². The standard InChI is InChI=1S/C29H30BrN3O2/c30-25-9-6-22(7-10-25)20-33-18-16-32(17-19-33)15-14-24-8-12-27(29-26(24)11-13-28(34)31-29)35-21-23-4-2-1-3-5-23/h1-13H,14-21H2,(H,31,34). The zero-order valence-corrected chi connectivity index (χ0v) is 21.3. The second-order valence-corrected chi connectivity index (χ2v) is 10.0. The number of ether oxygens (including phenoxy) is 1. The van der Waals surface area contributed by atoms with Gasteiger partial charge in [0.15, 0.2) is 0 Å². The van der Waals surface area contributed by atoms with Crippen molar-refractivity contribution < 1.29 is 4.74 Å². The van der Waals surface area contributed by atoms with E-state index in [1.165, 1.54) is 11.1 Å². The first-order valence-electron chi connectivity index (χ1n) is 12.1. The van der Waals surface area contributed by atoms with Gasteiger partial charge in [0.1, 0.15) is 12.4 Å². The lowest BCUT2D eigenvalue weighted by Gasteiger charge is -2.34. The zero-order valence-electron chi connectivity index (χ0n) is 19.8. The lowest BCUT2D eigenvalue weighted by molar-refractivity contribution is 0.128. The molecule has 0 radical (unpaired) electrons. The topological polar surface area (TPSA) is 48.6 Å². The maximum absolute atomic E-state index is 12.1. The molecule has 3 aromatic carbocycles. The fraction of sp³-hybridized carbons (Fsp3) is 0.276. The Bertz CT molecular complexity index is 1310. The van der Waals surface area contributed by atoms with Crippen molar-refractivity contribution in [3.8, 4) is 5.75 Å². The molecule has 180 valence electrons. The molecule has 0 aliphatic carbocycles. The summed E-state index contributed by atoms with van der Waals surface area (Å²) in [6.07, 6.45) is 0.939. The number of hydrogen-bond donors (Lipinski definition) is 1. The number of halogens is 1. The second kappa shape index (κ2) is 11.2. The van der Waals surface area contributed by atoms with Crippen molar-refractivity contribution in [2.45, 2.75) is 19.6 Å². The van der Waals surface area contributed by atoms with Gasteiger partial charge in [0.2, 0.25) is 5.56 Å². The fourth-order valence-corrected chi connectivity index (χ4v) is 4.92. The minimum atomic E-state index is -0.110. The largest absolute Gasteiger partial charge is 0.487 e. The molecular formula is C29H30BrN3O2. The molecule has 0 saturated carbocycles. The first-order valence-corrected chi connectivity index (χ1v) is 12.9. The molecule has 1 aliphatic rings. The van der Waals surface area contributed by atoms with Crippen LogP contribution in [0.15, 0.2) is 88.1 Å². The summed E-state index contributed by atoms with van der Waals surface area (Å²) < 4.78 is 7.21. The number of aromatic amines is 1. The van der Waals surface area contributed by atoms with Crippen molar-refractivity contribution in [2.75, 3.05) is 32.7 Å². The Morgan fingerprint density at radius 2 is 1.54 bits per heavy atom. The molecule has 1 N–H and O–H groups in total. The Hall–Kier alpha value is -2.93. The van der Waals surface area contributed by atoms with Gasteiger partial charge in [-0.3, -0.25) is 9.69 Å². The summed E-state index contributed by atoms with van der Waals surface area (Å²) in [5.74, 6) is 0.715. The Labute approximate surface area is 214 Å². The molecule has 6 heteroatoms. The Morgan fingerprint density at radius 3 is 2.31 bits per heavy atom. The van der Waals surface area contributed by atoms with Crippen molar-refractivity contribution in [1.29, 1.82) is 0 Å². The van der Waals surface area contributed by atoms with Crippen LogP contribution in [0.4, 0.5) is 0 Å². The second-order valence-electron chi connectivity index (χ2n) is 9.10. The van der Waals surface area contributed by atoms with Crippen LogP contribution >= 0.6 is 15.9 Å². The molecule has 5 rings (SSSR count). The maximum Gasteiger partial charge on any atom is 0.248 e. The molecule has 0 bridgehead atoms. The van der Waals surface area contributed by atoms with Crippen LogP contribution in [0.3, 0.4) is 0 Å². The number of pyridine rings is 1. The van der Waals surface area contributed by atoms with E-state index in [0.717, 1.165) is 66.6 Å². The van der Waals surface area contributed by atoms with Crippen LogP contribution in [0.25, 0.3) is 10.9 Å². The quantitative estimate of drug-likeness (QED) is 0.338. The predicted molar refractivity (Wildman–Crippen MR) is 145 cm³/mol. The first-order chi connectivity index (χ1) is 17.1. The fourth-order valence-electron chi connectivity index (χ4n) is 4.66. The molecule has 1 aliphatic heterocycles. The van der Waals surface area contributed by atoms with Crippen LogP contribution in [0.5, 0.6) is 5.75 Å². The summed E-state index contributed by atoms with van der Waals surface area (Å²) in [5.41, 5.74) is 4.37. The highest BCUT2D eigenvalue weighted by Gasteiger charge is 2.17. The van der Waals surface area contributed by atoms with Crippen LogP contribution in [0, 0.1) is 0 Å². The van der Waals surface area contributed by atoms with Gasteiger partial charge in [-0.15, -0.1) is 0 Å². The molecule has 2 heterocycles. The highest BCUT2D eigenvalue weighted by Crippen LogP contribution is 2.27. The van der Waals surface area contributed by atoms with Crippen LogP contribution in [0.1, 0.15) is 16.7 Å². The lowest BCUT2D eigenvalue weighted by atomic mass is 10.0. The van der Waals surface area contributed by atoms with Crippen molar-refractivity contribution in [2.24, 2.45) is 0 Å². The molecule has 1 aromatic heterocycles. The van der Waals surface area contributed by atoms with Gasteiger partial charge >= 0.3 is 0 Å². The van der Waals surface area contributed by atoms with E-state index >= 15 is 0 Å². The number of piperazine rings is 1. The van der Waals surface area contributed by atoms with Crippen molar-refractivity contribution >= 4 is 26.8 Å². The smallest absolute Gasteiger partial charge is 0.248 e. The van der Waals surface area contributed by atoms with Gasteiger partial charge in [-0.2, -0.15) is 0 Å². The number of hydrogen-bond acceptors (Lipinski definition) is 4. The molecule has 5 nitrogen and oxygen atoms in total. The zero-order chi connectivity index (χ0) is 24.0. The van der Waals surface area contributed by atoms with Gasteiger partial charge in [0.25, 0.3) is 0 Å². The lowest BCUT2D eigenvalue weighted by Crippen LogP contribution is -2.46. The van der Waals surface area contributed by atoms with Gasteiger partial charge < -0.3 is 14.6 Å². The monoisotopic (exact) mass is 531 g/mol. The average Bonchev–Trinajstić information content (AvgIpc) is 2.89. The number of fused-ring (bicyclic) bond motifs is 1. The Kier molecular flexibility index (Phi) is 7.62. The van der Waals surface area contributed by atoms with Crippen molar-refractivity contribution in [3.63, 3.8) is 0 Å². The first kappa shape index (κ1) is 23.8. The normalized spacial score (nSPS) is 14.9. The molecule has 1 saturated heterocycles. The number of H-pyrrole nitrogens is 1. The van der Waals surface area contributed by atoms with Gasteiger partial charge in [-0.1, -0.05) is 64.5 Å². The van der Waals surface area contributed by atoms with Crippen LogP contribution in [-0.2, 0) is 19.6 Å². The third kappa shape index (κ3) is 6.20. The van der Waals surface area contributed by atoms with Crippen LogP contribution in [-0.4, -0.2) is 47.5 Å². The SMILES string of the molecule is O=c1ccc2c(CCN3CCN(Cc4ccc(Br)cc4)CC3)ccc(OCc3ccccc3)c2[nH]1. The number of rotatable bonds is 8. The summed E-state index contributed by atoms with van der Waals surface area (Å²) in [5, 5.41) is 1.06. The summed E-state index contributed by atoms with van der Waals surface area (Å²) in [6.45, 7) is 6.78. The summed E-state index contributed by atoms with van der Waals surface area (Å²) >= 11 is 3.51. The highest BCUT2D eigenvalue weighted by molar-refractivity contribution is 9.10. The number of aromatic nitrogens is 1. The van der Waals surface area contributed by atoms with E-state index in [1.807, 2.05) is 42.5 Å². The molecule has 1 fully saturated rings. The van der Waals surface area contributed by atoms with E-state index in [-0.39, 0.29) is 5.56 Å². The van der Waals surface area contributed by atoms with Crippen molar-refractivity contribution in [1.82, 2.24) is 14.8 Å². The van der Waals surface area contributed by atoms with Crippen molar-refractivity contribution in [3.05, 3.63) is 110 Å². The van der Waals surface area contributed by atoms with E-state index < -0.39 is 0 Å². The Morgan fingerprint density at radius 1 is 0.800 bits per heavy atom. The van der Waals surface area contributed by atoms with Gasteiger partial charge in [-0.05, 0) is 47.4 Å². The van der Waals surface area contributed by atoms with Gasteiger partial charge in [0.05, 0.1) is 5.52 Å². The third-order valence-corrected chi connectivity index (χ3v) is 7.19. The third-order valence-electron chi connectivity index (χ3n) is 6.67. The summed E-state index contributed by atoms with van der Waals surface area (Å²) in [6, 6.07) is 26.4.